The highest BCUT2D eigenvalue weighted by Gasteiger charge is 2.52. The molecule has 6 heteroatoms. The molecule has 0 aromatic carbocycles. The lowest BCUT2D eigenvalue weighted by molar-refractivity contribution is 0.00578. The highest BCUT2D eigenvalue weighted by atomic mass is 32.1. The van der Waals surface area contributed by atoms with Gasteiger partial charge in [-0.05, 0) is 51.4 Å². The van der Waals surface area contributed by atoms with Gasteiger partial charge in [0.2, 0.25) is 0 Å². The number of carbonyl (C=O) groups is 1. The minimum atomic E-state index is -0.438. The van der Waals surface area contributed by atoms with Gasteiger partial charge in [0.15, 0.2) is 6.29 Å². The van der Waals surface area contributed by atoms with Crippen LogP contribution in [0.15, 0.2) is 17.6 Å². The fraction of sp³-hybridized carbons (Fsp3) is 0.500. The zero-order valence-electron chi connectivity index (χ0n) is 12.3. The maximum atomic E-state index is 10.7. The van der Waals surface area contributed by atoms with Crippen molar-refractivity contribution in [2.45, 2.75) is 38.9 Å². The zero-order valence-corrected chi connectivity index (χ0v) is 13.1. The minimum Gasteiger partial charge on any atom is -0.400 e. The van der Waals surface area contributed by atoms with Crippen LogP contribution in [0.4, 0.5) is 0 Å². The molecule has 20 heavy (non-hydrogen) atoms. The van der Waals surface area contributed by atoms with E-state index >= 15 is 0 Å². The SMILES string of the molecule is CC1(C)OB(C(=Cc2ccc(C=O)s2)CN)OC1(C)C. The van der Waals surface area contributed by atoms with E-state index in [4.69, 9.17) is 15.0 Å². The van der Waals surface area contributed by atoms with E-state index in [0.717, 1.165) is 16.6 Å². The predicted molar refractivity (Wildman–Crippen MR) is 82.8 cm³/mol. The molecule has 108 valence electrons. The van der Waals surface area contributed by atoms with Gasteiger partial charge in [-0.2, -0.15) is 0 Å². The number of hydrogen-bond acceptors (Lipinski definition) is 5. The fourth-order valence-corrected chi connectivity index (χ4v) is 2.71. The van der Waals surface area contributed by atoms with E-state index in [9.17, 15) is 4.79 Å². The Balaban J connectivity index is 2.23. The van der Waals surface area contributed by atoms with Crippen LogP contribution in [0.5, 0.6) is 0 Å². The van der Waals surface area contributed by atoms with Gasteiger partial charge in [-0.1, -0.05) is 0 Å². The molecule has 1 aromatic heterocycles. The summed E-state index contributed by atoms with van der Waals surface area (Å²) in [5.74, 6) is 0. The van der Waals surface area contributed by atoms with Gasteiger partial charge in [0, 0.05) is 11.4 Å². The molecular formula is C14H20BNO3S. The zero-order chi connectivity index (χ0) is 15.0. The molecule has 0 unspecified atom stereocenters. The topological polar surface area (TPSA) is 61.5 Å². The van der Waals surface area contributed by atoms with Gasteiger partial charge in [0.05, 0.1) is 16.1 Å². The summed E-state index contributed by atoms with van der Waals surface area (Å²) < 4.78 is 12.0. The molecule has 1 aliphatic heterocycles. The summed E-state index contributed by atoms with van der Waals surface area (Å²) in [5, 5.41) is 0. The highest BCUT2D eigenvalue weighted by molar-refractivity contribution is 7.14. The lowest BCUT2D eigenvalue weighted by atomic mass is 9.77. The van der Waals surface area contributed by atoms with Gasteiger partial charge in [0.1, 0.15) is 0 Å². The molecule has 4 nitrogen and oxygen atoms in total. The standard InChI is InChI=1S/C14H20BNO3S/c1-13(2)14(3,4)19-15(18-13)10(8-16)7-11-5-6-12(9-17)20-11/h5-7,9H,8,16H2,1-4H3. The third-order valence-corrected chi connectivity index (χ3v) is 4.84. The summed E-state index contributed by atoms with van der Waals surface area (Å²) >= 11 is 1.42. The third-order valence-electron chi connectivity index (χ3n) is 3.88. The van der Waals surface area contributed by atoms with Crippen LogP contribution >= 0.6 is 11.3 Å². The smallest absolute Gasteiger partial charge is 0.400 e. The lowest BCUT2D eigenvalue weighted by Crippen LogP contribution is -2.41. The van der Waals surface area contributed by atoms with Crippen molar-refractivity contribution in [1.82, 2.24) is 0 Å². The molecule has 0 aliphatic carbocycles. The van der Waals surface area contributed by atoms with Crippen LogP contribution in [0.2, 0.25) is 0 Å². The number of thiophene rings is 1. The van der Waals surface area contributed by atoms with E-state index < -0.39 is 7.12 Å². The average molecular weight is 293 g/mol. The van der Waals surface area contributed by atoms with Crippen LogP contribution < -0.4 is 5.73 Å². The second-order valence-electron chi connectivity index (χ2n) is 5.87. The van der Waals surface area contributed by atoms with Crippen LogP contribution in [0, 0.1) is 0 Å². The minimum absolute atomic E-state index is 0.352. The van der Waals surface area contributed by atoms with Gasteiger partial charge < -0.3 is 15.0 Å². The first-order chi connectivity index (χ1) is 9.29. The number of nitrogens with two attached hydrogens (primary N) is 1. The molecule has 0 amide bonds. The fourth-order valence-electron chi connectivity index (χ4n) is 1.91. The molecular weight excluding hydrogens is 273 g/mol. The van der Waals surface area contributed by atoms with Crippen LogP contribution in [-0.2, 0) is 9.31 Å². The first-order valence-corrected chi connectivity index (χ1v) is 7.42. The Labute approximate surface area is 124 Å². The van der Waals surface area contributed by atoms with Gasteiger partial charge in [0.25, 0.3) is 0 Å². The Hall–Kier alpha value is -0.945. The van der Waals surface area contributed by atoms with E-state index in [1.807, 2.05) is 39.8 Å². The first kappa shape index (κ1) is 15.4. The second-order valence-corrected chi connectivity index (χ2v) is 7.02. The van der Waals surface area contributed by atoms with E-state index in [-0.39, 0.29) is 11.2 Å². The molecule has 2 rings (SSSR count). The van der Waals surface area contributed by atoms with E-state index in [1.165, 1.54) is 11.3 Å². The van der Waals surface area contributed by atoms with Crippen LogP contribution in [0.25, 0.3) is 6.08 Å². The van der Waals surface area contributed by atoms with Crippen LogP contribution in [0.1, 0.15) is 42.2 Å². The van der Waals surface area contributed by atoms with Crippen molar-refractivity contribution in [2.75, 3.05) is 6.54 Å². The average Bonchev–Trinajstić information content (AvgIpc) is 2.89. The maximum Gasteiger partial charge on any atom is 0.491 e. The summed E-state index contributed by atoms with van der Waals surface area (Å²) in [4.78, 5) is 12.4. The van der Waals surface area contributed by atoms with Gasteiger partial charge in [-0.15, -0.1) is 11.3 Å². The number of rotatable bonds is 4. The summed E-state index contributed by atoms with van der Waals surface area (Å²) in [5.41, 5.74) is 5.94. The Morgan fingerprint density at radius 2 is 1.80 bits per heavy atom. The Morgan fingerprint density at radius 1 is 1.25 bits per heavy atom. The van der Waals surface area contributed by atoms with E-state index in [0.29, 0.717) is 11.4 Å². The number of hydrogen-bond donors (Lipinski definition) is 1. The Bertz CT molecular complexity index is 520. The number of aldehydes is 1. The highest BCUT2D eigenvalue weighted by Crippen LogP contribution is 2.38. The largest absolute Gasteiger partial charge is 0.491 e. The predicted octanol–water partition coefficient (Wildman–Crippen LogP) is 2.53. The van der Waals surface area contributed by atoms with Crippen molar-refractivity contribution in [1.29, 1.82) is 0 Å². The van der Waals surface area contributed by atoms with Crippen LogP contribution in [-0.4, -0.2) is 31.2 Å². The molecule has 1 fully saturated rings. The van der Waals surface area contributed by atoms with Crippen molar-refractivity contribution < 1.29 is 14.1 Å². The molecule has 0 spiro atoms. The van der Waals surface area contributed by atoms with Gasteiger partial charge in [-0.25, -0.2) is 0 Å². The maximum absolute atomic E-state index is 10.7. The van der Waals surface area contributed by atoms with Crippen molar-refractivity contribution >= 4 is 30.8 Å². The molecule has 2 heterocycles. The monoisotopic (exact) mass is 293 g/mol. The summed E-state index contributed by atoms with van der Waals surface area (Å²) in [6.07, 6.45) is 2.79. The quantitative estimate of drug-likeness (QED) is 0.684. The number of carbonyl (C=O) groups excluding carboxylic acids is 1. The second kappa shape index (κ2) is 5.45. The third kappa shape index (κ3) is 2.88. The lowest BCUT2D eigenvalue weighted by Gasteiger charge is -2.32. The normalized spacial score (nSPS) is 21.2. The van der Waals surface area contributed by atoms with Crippen LogP contribution in [0.3, 0.4) is 0 Å². The molecule has 0 atom stereocenters. The van der Waals surface area contributed by atoms with Gasteiger partial charge in [-0.3, -0.25) is 4.79 Å². The van der Waals surface area contributed by atoms with Crippen molar-refractivity contribution in [3.63, 3.8) is 0 Å². The van der Waals surface area contributed by atoms with Crippen molar-refractivity contribution in [3.05, 3.63) is 27.4 Å². The van der Waals surface area contributed by atoms with Crippen molar-refractivity contribution in [2.24, 2.45) is 5.73 Å². The molecule has 0 radical (unpaired) electrons. The summed E-state index contributed by atoms with van der Waals surface area (Å²) in [7, 11) is -0.438. The Kier molecular flexibility index (Phi) is 4.20. The molecule has 0 saturated carbocycles. The molecule has 1 saturated heterocycles. The summed E-state index contributed by atoms with van der Waals surface area (Å²) in [6.45, 7) is 8.40. The molecule has 0 bridgehead atoms. The summed E-state index contributed by atoms with van der Waals surface area (Å²) in [6, 6.07) is 3.69. The Morgan fingerprint density at radius 3 is 2.25 bits per heavy atom. The van der Waals surface area contributed by atoms with E-state index in [1.54, 1.807) is 6.07 Å². The molecule has 2 N–H and O–H groups in total. The van der Waals surface area contributed by atoms with E-state index in [2.05, 4.69) is 0 Å². The van der Waals surface area contributed by atoms with Crippen molar-refractivity contribution in [3.8, 4) is 0 Å². The molecule has 1 aromatic rings. The van der Waals surface area contributed by atoms with Gasteiger partial charge >= 0.3 is 7.12 Å². The molecule has 1 aliphatic rings. The first-order valence-electron chi connectivity index (χ1n) is 6.60.